The SMILES string of the molecule is CC1[N-]CC[N-]CC[N-]CC[N-]C(C)C2CCCC1[N-]2.F[P-](F)(F)(F)(F)F.[NH2-].[Ni+2]. The van der Waals surface area contributed by atoms with E-state index in [0.717, 1.165) is 39.3 Å². The molecule has 2 fully saturated rings. The summed E-state index contributed by atoms with van der Waals surface area (Å²) in [6.07, 6.45) is 3.62. The number of fused-ring (bicyclic) bond motifs is 2. The first kappa shape index (κ1) is 31.4. The van der Waals surface area contributed by atoms with Crippen molar-refractivity contribution in [3.05, 3.63) is 32.7 Å². The van der Waals surface area contributed by atoms with E-state index in [9.17, 15) is 25.2 Å². The van der Waals surface area contributed by atoms with E-state index in [0.29, 0.717) is 24.2 Å². The van der Waals surface area contributed by atoms with Crippen LogP contribution < -0.4 is 0 Å². The van der Waals surface area contributed by atoms with Crippen LogP contribution in [-0.4, -0.2) is 63.4 Å². The fourth-order valence-electron chi connectivity index (χ4n) is 2.94. The van der Waals surface area contributed by atoms with E-state index in [4.69, 9.17) is 16.0 Å². The first-order valence-corrected chi connectivity index (χ1v) is 11.1. The van der Waals surface area contributed by atoms with Gasteiger partial charge in [-0.3, -0.25) is 0 Å². The zero-order chi connectivity index (χ0) is 20.6. The molecule has 0 amide bonds. The van der Waals surface area contributed by atoms with Gasteiger partial charge in [0.05, 0.1) is 0 Å². The Kier molecular flexibility index (Phi) is 13.4. The van der Waals surface area contributed by atoms with E-state index in [1.54, 1.807) is 0 Å². The third kappa shape index (κ3) is 19.9. The van der Waals surface area contributed by atoms with Crippen LogP contribution in [-0.2, 0) is 16.5 Å². The van der Waals surface area contributed by atoms with E-state index in [1.807, 2.05) is 0 Å². The average Bonchev–Trinajstić information content (AvgIpc) is 2.53. The van der Waals surface area contributed by atoms with Crippen molar-refractivity contribution in [2.75, 3.05) is 39.3 Å². The third-order valence-corrected chi connectivity index (χ3v) is 4.26. The van der Waals surface area contributed by atoms with Crippen LogP contribution in [0.2, 0.25) is 0 Å². The predicted octanol–water partition coefficient (Wildman–Crippen LogP) is 7.66. The Morgan fingerprint density at radius 1 is 0.655 bits per heavy atom. The number of nitrogens with zero attached hydrogens (tertiary/aromatic N) is 5. The molecule has 2 saturated heterocycles. The molecule has 2 N–H and O–H groups in total. The minimum Gasteiger partial charge on any atom is -0.693 e. The Labute approximate surface area is 179 Å². The van der Waals surface area contributed by atoms with Crippen LogP contribution in [0.25, 0.3) is 32.7 Å². The summed E-state index contributed by atoms with van der Waals surface area (Å²) < 4.78 is 59.2. The summed E-state index contributed by atoms with van der Waals surface area (Å²) in [4.78, 5) is 0. The smallest absolute Gasteiger partial charge is 0.693 e. The van der Waals surface area contributed by atoms with Crippen LogP contribution in [0, 0.1) is 0 Å². The van der Waals surface area contributed by atoms with Gasteiger partial charge in [-0.2, -0.15) is 63.4 Å². The molecule has 2 aliphatic rings. The molecule has 6 nitrogen and oxygen atoms in total. The van der Waals surface area contributed by atoms with Crippen molar-refractivity contribution < 1.29 is 41.7 Å². The summed E-state index contributed by atoms with van der Waals surface area (Å²) in [5.74, 6) is 0. The molecule has 0 aliphatic carbocycles. The van der Waals surface area contributed by atoms with Crippen molar-refractivity contribution in [1.82, 2.24) is 0 Å². The molecule has 0 aromatic rings. The van der Waals surface area contributed by atoms with Crippen molar-refractivity contribution in [2.24, 2.45) is 0 Å². The largest absolute Gasteiger partial charge is 2.00 e. The van der Waals surface area contributed by atoms with Gasteiger partial charge in [0.15, 0.2) is 0 Å². The Bertz CT molecular complexity index is 408. The summed E-state index contributed by atoms with van der Waals surface area (Å²) in [6, 6.07) is 1.44. The molecule has 0 radical (unpaired) electrons. The van der Waals surface area contributed by atoms with Crippen molar-refractivity contribution in [2.45, 2.75) is 57.3 Å². The maximum Gasteiger partial charge on any atom is 2.00 e. The molecule has 2 heterocycles. The summed E-state index contributed by atoms with van der Waals surface area (Å²) in [5.41, 5.74) is 0. The number of rotatable bonds is 0. The first-order chi connectivity index (χ1) is 12.2. The van der Waals surface area contributed by atoms with Gasteiger partial charge >= 0.3 is 49.5 Å². The fourth-order valence-corrected chi connectivity index (χ4v) is 2.94. The van der Waals surface area contributed by atoms with Gasteiger partial charge < -0.3 is 32.7 Å². The molecule has 0 saturated carbocycles. The number of hydrogen-bond acceptors (Lipinski definition) is 0. The van der Waals surface area contributed by atoms with E-state index in [2.05, 4.69) is 24.5 Å². The zero-order valence-electron chi connectivity index (χ0n) is 16.5. The molecule has 29 heavy (non-hydrogen) atoms. The van der Waals surface area contributed by atoms with E-state index in [-0.39, 0.29) is 22.6 Å². The van der Waals surface area contributed by atoms with Gasteiger partial charge in [-0.1, -0.05) is 33.1 Å². The Morgan fingerprint density at radius 2 is 0.966 bits per heavy atom. The van der Waals surface area contributed by atoms with Crippen LogP contribution in [0.1, 0.15) is 33.1 Å². The normalized spacial score (nSPS) is 32.3. The van der Waals surface area contributed by atoms with Gasteiger partial charge in [-0.05, 0) is 0 Å². The molecule has 4 atom stereocenters. The summed E-state index contributed by atoms with van der Waals surface area (Å²) in [6.45, 7) is 9.38. The Hall–Kier alpha value is 0.264. The molecule has 0 aromatic carbocycles. The first-order valence-electron chi connectivity index (χ1n) is 9.08. The van der Waals surface area contributed by atoms with E-state index >= 15 is 0 Å². The minimum absolute atomic E-state index is 0. The molecule has 182 valence electrons. The number of nitrogens with two attached hydrogens (primary N) is 1. The van der Waals surface area contributed by atoms with Gasteiger partial charge in [-0.25, -0.2) is 0 Å². The quantitative estimate of drug-likeness (QED) is 0.186. The monoisotopic (exact) mass is 497 g/mol. The van der Waals surface area contributed by atoms with Gasteiger partial charge in [0.2, 0.25) is 0 Å². The van der Waals surface area contributed by atoms with E-state index < -0.39 is 7.81 Å². The van der Waals surface area contributed by atoms with Crippen LogP contribution in [0.15, 0.2) is 0 Å². The average molecular weight is 498 g/mol. The van der Waals surface area contributed by atoms with Gasteiger partial charge in [0, 0.05) is 0 Å². The van der Waals surface area contributed by atoms with Gasteiger partial charge in [-0.15, -0.1) is 0 Å². The number of hydrogen-bond donors (Lipinski definition) is 0. The molecule has 2 aliphatic heterocycles. The summed E-state index contributed by atoms with van der Waals surface area (Å²) in [7, 11) is -10.7. The topological polar surface area (TPSA) is 104 Å². The second-order valence-electron chi connectivity index (χ2n) is 6.81. The van der Waals surface area contributed by atoms with Crippen LogP contribution in [0.4, 0.5) is 25.2 Å². The summed E-state index contributed by atoms with van der Waals surface area (Å²) >= 11 is 0. The molecular formula is C15H30F6N6NiP-5. The predicted molar refractivity (Wildman–Crippen MR) is 105 cm³/mol. The Morgan fingerprint density at radius 3 is 1.31 bits per heavy atom. The van der Waals surface area contributed by atoms with Gasteiger partial charge in [0.1, 0.15) is 0 Å². The molecule has 0 spiro atoms. The van der Waals surface area contributed by atoms with Crippen molar-refractivity contribution in [3.63, 3.8) is 0 Å². The van der Waals surface area contributed by atoms with Crippen LogP contribution >= 0.6 is 7.81 Å². The maximum atomic E-state index is 9.87. The maximum absolute atomic E-state index is 10.7. The molecule has 2 rings (SSSR count). The van der Waals surface area contributed by atoms with E-state index in [1.165, 1.54) is 19.3 Å². The standard InChI is InChI=1S/C15H28N5.F6P.H2N.Ni/c1-12-14-4-3-5-15(20-14)13(2)19-11-9-17-7-6-16-8-10-18-12;1-7(2,3,4,5)6;;/h12-15H,3-11H2,1-2H3;;1H2;/q-5;2*-1;+2. The Balaban J connectivity index is 0. The molecular weight excluding hydrogens is 468 g/mol. The second kappa shape index (κ2) is 12.3. The van der Waals surface area contributed by atoms with Crippen LogP contribution in [0.5, 0.6) is 0 Å². The summed E-state index contributed by atoms with van der Waals surface area (Å²) in [5, 5.41) is 23.4. The molecule has 4 unspecified atom stereocenters. The molecule has 14 heteroatoms. The number of piperidine rings is 1. The van der Waals surface area contributed by atoms with Crippen LogP contribution in [0.3, 0.4) is 0 Å². The fraction of sp³-hybridized carbons (Fsp3) is 1.00. The number of halogens is 6. The minimum atomic E-state index is -10.7. The zero-order valence-corrected chi connectivity index (χ0v) is 18.4. The van der Waals surface area contributed by atoms with Crippen molar-refractivity contribution in [3.8, 4) is 0 Å². The van der Waals surface area contributed by atoms with Crippen molar-refractivity contribution in [1.29, 1.82) is 0 Å². The third-order valence-electron chi connectivity index (χ3n) is 4.26. The molecule has 2 bridgehead atoms. The molecule has 0 aromatic heterocycles. The van der Waals surface area contributed by atoms with Gasteiger partial charge in [0.25, 0.3) is 0 Å². The second-order valence-corrected chi connectivity index (χ2v) is 8.72. The van der Waals surface area contributed by atoms with Crippen molar-refractivity contribution >= 4 is 7.81 Å².